The van der Waals surface area contributed by atoms with Gasteiger partial charge in [-0.25, -0.2) is 9.78 Å². The van der Waals surface area contributed by atoms with E-state index in [0.29, 0.717) is 41.9 Å². The Balaban J connectivity index is 1.45. The molecule has 2 spiro atoms. The number of hydrogen-bond acceptors (Lipinski definition) is 3. The van der Waals surface area contributed by atoms with Crippen LogP contribution in [0, 0.1) is 46.3 Å². The van der Waals surface area contributed by atoms with E-state index in [-0.39, 0.29) is 22.5 Å². The maximum Gasteiger partial charge on any atom is 0.130 e. The molecule has 0 aromatic carbocycles. The van der Waals surface area contributed by atoms with Crippen LogP contribution in [0.4, 0.5) is 0 Å². The van der Waals surface area contributed by atoms with Gasteiger partial charge in [-0.3, -0.25) is 0 Å². The van der Waals surface area contributed by atoms with Gasteiger partial charge in [-0.2, -0.15) is 0 Å². The number of aliphatic hydroxyl groups excluding tert-OH is 1. The molecular weight excluding hydrogens is 384 g/mol. The Kier molecular flexibility index (Phi) is 5.13. The number of allylic oxidation sites excluding steroid dienone is 2. The van der Waals surface area contributed by atoms with E-state index in [1.165, 1.54) is 25.7 Å². The lowest BCUT2D eigenvalue weighted by Gasteiger charge is -2.69. The van der Waals surface area contributed by atoms with Gasteiger partial charge in [0, 0.05) is 23.7 Å². The first-order valence-electron chi connectivity index (χ1n) is 13.0. The van der Waals surface area contributed by atoms with Crippen molar-refractivity contribution in [3.05, 3.63) is 24.3 Å². The van der Waals surface area contributed by atoms with Gasteiger partial charge in [0.2, 0.25) is 0 Å². The second kappa shape index (κ2) is 7.18. The van der Waals surface area contributed by atoms with Crippen LogP contribution in [-0.4, -0.2) is 22.4 Å². The minimum absolute atomic E-state index is 0.0663. The van der Waals surface area contributed by atoms with Crippen LogP contribution in [0.15, 0.2) is 24.3 Å². The summed E-state index contributed by atoms with van der Waals surface area (Å²) in [5, 5.41) is 10.4. The van der Waals surface area contributed by atoms with E-state index in [4.69, 9.17) is 9.78 Å². The molecule has 6 aliphatic rings. The third-order valence-corrected chi connectivity index (χ3v) is 11.1. The third-order valence-electron chi connectivity index (χ3n) is 11.1. The smallest absolute Gasteiger partial charge is 0.130 e. The maximum atomic E-state index is 10.4. The summed E-state index contributed by atoms with van der Waals surface area (Å²) in [5.74, 6) is 3.64. The molecule has 0 aromatic rings. The molecule has 2 bridgehead atoms. The van der Waals surface area contributed by atoms with Gasteiger partial charge >= 0.3 is 0 Å². The van der Waals surface area contributed by atoms with E-state index < -0.39 is 5.60 Å². The minimum Gasteiger partial charge on any atom is -0.393 e. The van der Waals surface area contributed by atoms with Gasteiger partial charge in [0.1, 0.15) is 11.2 Å². The molecule has 3 nitrogen and oxygen atoms in total. The Morgan fingerprint density at radius 3 is 2.35 bits per heavy atom. The molecule has 8 unspecified atom stereocenters. The monoisotopic (exact) mass is 428 g/mol. The molecule has 0 radical (unpaired) electrons. The van der Waals surface area contributed by atoms with Crippen molar-refractivity contribution >= 4 is 0 Å². The van der Waals surface area contributed by atoms with Crippen molar-refractivity contribution < 1.29 is 14.9 Å². The zero-order valence-corrected chi connectivity index (χ0v) is 20.6. The number of aliphatic hydroxyl groups is 1. The molecule has 31 heavy (non-hydrogen) atoms. The lowest BCUT2D eigenvalue weighted by Crippen LogP contribution is -2.73. The molecule has 4 aliphatic carbocycles. The van der Waals surface area contributed by atoms with Crippen LogP contribution in [0.25, 0.3) is 0 Å². The average Bonchev–Trinajstić information content (AvgIpc) is 3.09. The Morgan fingerprint density at radius 1 is 0.903 bits per heavy atom. The Bertz CT molecular complexity index is 772. The molecule has 0 aromatic heterocycles. The van der Waals surface area contributed by atoms with Crippen LogP contribution in [0.5, 0.6) is 0 Å². The van der Waals surface area contributed by atoms with E-state index in [9.17, 15) is 5.11 Å². The lowest BCUT2D eigenvalue weighted by molar-refractivity contribution is -0.497. The van der Waals surface area contributed by atoms with Gasteiger partial charge in [0.05, 0.1) is 6.10 Å². The second-order valence-electron chi connectivity index (χ2n) is 12.7. The molecule has 1 saturated heterocycles. The van der Waals surface area contributed by atoms with E-state index >= 15 is 0 Å². The second-order valence-corrected chi connectivity index (χ2v) is 12.7. The molecule has 10 atom stereocenters. The van der Waals surface area contributed by atoms with Crippen LogP contribution in [0.1, 0.15) is 86.5 Å². The van der Waals surface area contributed by atoms with Crippen molar-refractivity contribution in [3.8, 4) is 0 Å². The predicted octanol–water partition coefficient (Wildman–Crippen LogP) is 6.47. The third kappa shape index (κ3) is 2.88. The summed E-state index contributed by atoms with van der Waals surface area (Å²) in [6.45, 7) is 14.4. The highest BCUT2D eigenvalue weighted by Gasteiger charge is 2.74. The van der Waals surface area contributed by atoms with Gasteiger partial charge < -0.3 is 5.11 Å². The van der Waals surface area contributed by atoms with Crippen LogP contribution in [-0.2, 0) is 9.78 Å². The van der Waals surface area contributed by atoms with Crippen molar-refractivity contribution in [1.29, 1.82) is 0 Å². The molecule has 0 amide bonds. The van der Waals surface area contributed by atoms with Gasteiger partial charge in [-0.1, -0.05) is 59.8 Å². The Morgan fingerprint density at radius 2 is 1.68 bits per heavy atom. The van der Waals surface area contributed by atoms with E-state index in [0.717, 1.165) is 12.8 Å². The largest absolute Gasteiger partial charge is 0.393 e. The summed E-state index contributed by atoms with van der Waals surface area (Å²) in [6.07, 6.45) is 17.0. The summed E-state index contributed by atoms with van der Waals surface area (Å²) in [7, 11) is 0. The standard InChI is InChI=1S/C28H44O3/c1-18(2)19(3)7-8-20(4)22-9-10-23-25(22,5)13-12-24-26(6)14-11-21(29)17-27(26)15-16-28(23,24)31-30-27/h7-8,15-16,18-24,29H,9-14,17H2,1-6H3/b8-7+/t19?,20?,21?,22?,23?,24?,25-,26-,27?,28?/m1/s1. The Hall–Kier alpha value is -0.640. The van der Waals surface area contributed by atoms with E-state index in [1.807, 2.05) is 0 Å². The van der Waals surface area contributed by atoms with Crippen molar-refractivity contribution in [2.24, 2.45) is 46.3 Å². The fourth-order valence-corrected chi connectivity index (χ4v) is 8.71. The molecule has 6 rings (SSSR count). The summed E-state index contributed by atoms with van der Waals surface area (Å²) >= 11 is 0. The highest BCUT2D eigenvalue weighted by atomic mass is 17.2. The summed E-state index contributed by atoms with van der Waals surface area (Å²) in [5.41, 5.74) is -0.366. The van der Waals surface area contributed by atoms with E-state index in [2.05, 4.69) is 65.8 Å². The molecule has 3 saturated carbocycles. The first-order valence-corrected chi connectivity index (χ1v) is 13.0. The number of hydrogen-bond donors (Lipinski definition) is 1. The quantitative estimate of drug-likeness (QED) is 0.412. The van der Waals surface area contributed by atoms with Crippen molar-refractivity contribution in [3.63, 3.8) is 0 Å². The van der Waals surface area contributed by atoms with Gasteiger partial charge in [-0.15, -0.1) is 0 Å². The molecule has 3 heteroatoms. The predicted molar refractivity (Wildman–Crippen MR) is 124 cm³/mol. The van der Waals surface area contributed by atoms with Crippen molar-refractivity contribution in [2.45, 2.75) is 104 Å². The zero-order chi connectivity index (χ0) is 22.2. The highest BCUT2D eigenvalue weighted by Crippen LogP contribution is 2.72. The van der Waals surface area contributed by atoms with Crippen LogP contribution >= 0.6 is 0 Å². The fourth-order valence-electron chi connectivity index (χ4n) is 8.71. The normalized spacial score (nSPS) is 52.8. The van der Waals surface area contributed by atoms with Crippen molar-refractivity contribution in [2.75, 3.05) is 0 Å². The van der Waals surface area contributed by atoms with Gasteiger partial charge in [0.25, 0.3) is 0 Å². The van der Waals surface area contributed by atoms with Crippen LogP contribution < -0.4 is 0 Å². The van der Waals surface area contributed by atoms with Gasteiger partial charge in [0.15, 0.2) is 0 Å². The summed E-state index contributed by atoms with van der Waals surface area (Å²) in [6, 6.07) is 0. The maximum absolute atomic E-state index is 10.4. The van der Waals surface area contributed by atoms with Crippen LogP contribution in [0.3, 0.4) is 0 Å². The average molecular weight is 429 g/mol. The number of fused-ring (bicyclic) bond motifs is 2. The molecule has 2 aliphatic heterocycles. The molecular formula is C28H44O3. The molecule has 174 valence electrons. The molecule has 4 fully saturated rings. The summed E-state index contributed by atoms with van der Waals surface area (Å²) < 4.78 is 0. The first-order chi connectivity index (χ1) is 14.6. The van der Waals surface area contributed by atoms with Crippen LogP contribution in [0.2, 0.25) is 0 Å². The van der Waals surface area contributed by atoms with Crippen molar-refractivity contribution in [1.82, 2.24) is 0 Å². The SMILES string of the molecule is CC(C)C(C)/C=C/C(C)C1CCC2C34C=CC5(CC(O)CC[C@]5(C)C3CC[C@]12C)OO4. The highest BCUT2D eigenvalue weighted by molar-refractivity contribution is 5.33. The summed E-state index contributed by atoms with van der Waals surface area (Å²) in [4.78, 5) is 12.8. The molecule has 1 N–H and O–H groups in total. The number of rotatable bonds is 4. The van der Waals surface area contributed by atoms with Gasteiger partial charge in [-0.05, 0) is 73.7 Å². The lowest BCUT2D eigenvalue weighted by atomic mass is 9.43. The Labute approximate surface area is 189 Å². The fraction of sp³-hybridized carbons (Fsp3) is 0.857. The first kappa shape index (κ1) is 22.2. The van der Waals surface area contributed by atoms with E-state index in [1.54, 1.807) is 0 Å². The topological polar surface area (TPSA) is 38.7 Å². The molecule has 2 heterocycles. The minimum atomic E-state index is -0.439. The zero-order valence-electron chi connectivity index (χ0n) is 20.6.